The van der Waals surface area contributed by atoms with Crippen molar-refractivity contribution in [3.05, 3.63) is 28.2 Å². The van der Waals surface area contributed by atoms with E-state index in [1.807, 2.05) is 30.0 Å². The van der Waals surface area contributed by atoms with E-state index in [0.29, 0.717) is 5.88 Å². The molecule has 110 valence electrons. The first-order valence-electron chi connectivity index (χ1n) is 6.94. The van der Waals surface area contributed by atoms with Gasteiger partial charge >= 0.3 is 0 Å². The van der Waals surface area contributed by atoms with Gasteiger partial charge in [-0.15, -0.1) is 11.6 Å². The summed E-state index contributed by atoms with van der Waals surface area (Å²) >= 11 is 11.6. The summed E-state index contributed by atoms with van der Waals surface area (Å²) in [5.41, 5.74) is 1.10. The molecule has 5 heteroatoms. The van der Waals surface area contributed by atoms with Crippen LogP contribution in [0.2, 0.25) is 0 Å². The highest BCUT2D eigenvalue weighted by atomic mass is 79.9. The van der Waals surface area contributed by atoms with E-state index in [4.69, 9.17) is 21.1 Å². The van der Waals surface area contributed by atoms with Crippen LogP contribution in [-0.4, -0.2) is 29.8 Å². The van der Waals surface area contributed by atoms with Crippen molar-refractivity contribution >= 4 is 39.3 Å². The highest BCUT2D eigenvalue weighted by Crippen LogP contribution is 2.40. The molecule has 0 bridgehead atoms. The summed E-state index contributed by atoms with van der Waals surface area (Å²) < 4.78 is 13.3. The Bertz CT molecular complexity index is 477. The number of benzene rings is 1. The van der Waals surface area contributed by atoms with E-state index >= 15 is 0 Å². The molecule has 0 N–H and O–H groups in total. The van der Waals surface area contributed by atoms with Crippen LogP contribution in [0.1, 0.15) is 24.8 Å². The Labute approximate surface area is 137 Å². The van der Waals surface area contributed by atoms with E-state index in [2.05, 4.69) is 15.9 Å². The van der Waals surface area contributed by atoms with Crippen molar-refractivity contribution in [2.75, 3.05) is 18.1 Å². The van der Waals surface area contributed by atoms with Crippen molar-refractivity contribution in [3.63, 3.8) is 0 Å². The maximum atomic E-state index is 6.27. The lowest BCUT2D eigenvalue weighted by atomic mass is 9.91. The Morgan fingerprint density at radius 1 is 1.50 bits per heavy atom. The van der Waals surface area contributed by atoms with Crippen LogP contribution < -0.4 is 4.74 Å². The predicted octanol–water partition coefficient (Wildman–Crippen LogP) is 4.62. The molecule has 20 heavy (non-hydrogen) atoms. The molecule has 0 radical (unpaired) electrons. The minimum atomic E-state index is 0.0516. The molecule has 2 saturated heterocycles. The number of alkyl halides is 1. The fourth-order valence-corrected chi connectivity index (χ4v) is 4.99. The second-order valence-electron chi connectivity index (χ2n) is 5.43. The molecule has 0 amide bonds. The minimum Gasteiger partial charge on any atom is -0.489 e. The van der Waals surface area contributed by atoms with Gasteiger partial charge in [0, 0.05) is 24.2 Å². The fourth-order valence-electron chi connectivity index (χ4n) is 2.90. The maximum Gasteiger partial charge on any atom is 0.138 e. The molecule has 3 rings (SSSR count). The zero-order valence-corrected chi connectivity index (χ0v) is 14.4. The van der Waals surface area contributed by atoms with Gasteiger partial charge in [0.1, 0.15) is 11.9 Å². The molecule has 1 aromatic rings. The van der Waals surface area contributed by atoms with Crippen molar-refractivity contribution in [2.24, 2.45) is 0 Å². The Balaban J connectivity index is 1.74. The molecule has 1 aromatic carbocycles. The zero-order chi connectivity index (χ0) is 14.0. The normalized spacial score (nSPS) is 29.8. The molecule has 2 nitrogen and oxygen atoms in total. The van der Waals surface area contributed by atoms with Gasteiger partial charge in [-0.3, -0.25) is 0 Å². The van der Waals surface area contributed by atoms with Crippen molar-refractivity contribution in [3.8, 4) is 5.75 Å². The van der Waals surface area contributed by atoms with Gasteiger partial charge in [0.25, 0.3) is 0 Å². The Morgan fingerprint density at radius 2 is 2.40 bits per heavy atom. The number of hydrogen-bond donors (Lipinski definition) is 0. The zero-order valence-electron chi connectivity index (χ0n) is 11.2. The first-order valence-corrected chi connectivity index (χ1v) is 9.42. The van der Waals surface area contributed by atoms with E-state index in [1.165, 1.54) is 5.75 Å². The van der Waals surface area contributed by atoms with Gasteiger partial charge in [-0.1, -0.05) is 12.1 Å². The van der Waals surface area contributed by atoms with Gasteiger partial charge < -0.3 is 9.47 Å². The quantitative estimate of drug-likeness (QED) is 0.716. The summed E-state index contributed by atoms with van der Waals surface area (Å²) in [6, 6.07) is 6.02. The van der Waals surface area contributed by atoms with Crippen LogP contribution in [0.3, 0.4) is 0 Å². The molecule has 2 unspecified atom stereocenters. The molecule has 1 spiro atoms. The van der Waals surface area contributed by atoms with Crippen LogP contribution in [0.15, 0.2) is 22.7 Å². The molecule has 2 aliphatic rings. The van der Waals surface area contributed by atoms with Crippen LogP contribution >= 0.6 is 39.3 Å². The van der Waals surface area contributed by atoms with Crippen LogP contribution in [-0.2, 0) is 10.6 Å². The minimum absolute atomic E-state index is 0.0516. The Hall–Kier alpha value is 0.1000. The number of rotatable bonds is 3. The lowest BCUT2D eigenvalue weighted by Gasteiger charge is -2.38. The largest absolute Gasteiger partial charge is 0.489 e. The summed E-state index contributed by atoms with van der Waals surface area (Å²) in [5, 5.41) is 0. The lowest BCUT2D eigenvalue weighted by Crippen LogP contribution is -2.43. The molecule has 0 aliphatic carbocycles. The molecule has 2 heterocycles. The third-order valence-electron chi connectivity index (χ3n) is 3.99. The van der Waals surface area contributed by atoms with Crippen LogP contribution in [0.4, 0.5) is 0 Å². The summed E-state index contributed by atoms with van der Waals surface area (Å²) in [6.45, 7) is 0.798. The summed E-state index contributed by atoms with van der Waals surface area (Å²) in [6.07, 6.45) is 3.32. The molecule has 0 aromatic heterocycles. The molecule has 2 fully saturated rings. The first-order chi connectivity index (χ1) is 9.72. The van der Waals surface area contributed by atoms with Crippen LogP contribution in [0, 0.1) is 0 Å². The van der Waals surface area contributed by atoms with E-state index < -0.39 is 0 Å². The second kappa shape index (κ2) is 6.47. The van der Waals surface area contributed by atoms with Crippen LogP contribution in [0.5, 0.6) is 5.75 Å². The second-order valence-corrected chi connectivity index (χ2v) is 7.66. The number of ether oxygens (including phenoxy) is 2. The van der Waals surface area contributed by atoms with Gasteiger partial charge in [0.15, 0.2) is 0 Å². The first kappa shape index (κ1) is 15.0. The average molecular weight is 378 g/mol. The molecular formula is C15H18BrClO2S. The van der Waals surface area contributed by atoms with Crippen molar-refractivity contribution < 1.29 is 9.47 Å². The van der Waals surface area contributed by atoms with E-state index in [1.54, 1.807) is 0 Å². The molecule has 2 aliphatic heterocycles. The van der Waals surface area contributed by atoms with Crippen molar-refractivity contribution in [2.45, 2.75) is 36.8 Å². The van der Waals surface area contributed by atoms with E-state index in [0.717, 1.165) is 47.4 Å². The topological polar surface area (TPSA) is 18.5 Å². The van der Waals surface area contributed by atoms with Crippen molar-refractivity contribution in [1.82, 2.24) is 0 Å². The standard InChI is InChI=1S/C15H18BrClO2S/c16-13-3-1-2-11(9-17)14(13)19-12-4-6-18-15(8-12)5-7-20-10-15/h1-3,12H,4-10H2. The number of para-hydroxylation sites is 1. The highest BCUT2D eigenvalue weighted by Gasteiger charge is 2.41. The van der Waals surface area contributed by atoms with Gasteiger partial charge in [0.05, 0.1) is 22.6 Å². The fraction of sp³-hybridized carbons (Fsp3) is 0.600. The third-order valence-corrected chi connectivity index (χ3v) is 6.13. The highest BCUT2D eigenvalue weighted by molar-refractivity contribution is 9.10. The summed E-state index contributed by atoms with van der Waals surface area (Å²) in [4.78, 5) is 0. The number of halogens is 2. The van der Waals surface area contributed by atoms with E-state index in [9.17, 15) is 0 Å². The maximum absolute atomic E-state index is 6.27. The Kier molecular flexibility index (Phi) is 4.86. The Morgan fingerprint density at radius 3 is 3.15 bits per heavy atom. The molecular weight excluding hydrogens is 360 g/mol. The third kappa shape index (κ3) is 3.13. The summed E-state index contributed by atoms with van der Waals surface area (Å²) in [7, 11) is 0. The van der Waals surface area contributed by atoms with Gasteiger partial charge in [-0.25, -0.2) is 0 Å². The van der Waals surface area contributed by atoms with Crippen LogP contribution in [0.25, 0.3) is 0 Å². The number of thioether (sulfide) groups is 1. The van der Waals surface area contributed by atoms with Gasteiger partial charge in [-0.05, 0) is 34.2 Å². The predicted molar refractivity (Wildman–Crippen MR) is 88.0 cm³/mol. The van der Waals surface area contributed by atoms with Gasteiger partial charge in [-0.2, -0.15) is 11.8 Å². The average Bonchev–Trinajstić information content (AvgIpc) is 2.89. The molecule has 0 saturated carbocycles. The van der Waals surface area contributed by atoms with E-state index in [-0.39, 0.29) is 11.7 Å². The van der Waals surface area contributed by atoms with Crippen molar-refractivity contribution in [1.29, 1.82) is 0 Å². The SMILES string of the molecule is ClCc1cccc(Br)c1OC1CCOC2(CCSC2)C1. The lowest BCUT2D eigenvalue weighted by molar-refractivity contribution is -0.0961. The molecule has 2 atom stereocenters. The number of hydrogen-bond acceptors (Lipinski definition) is 3. The monoisotopic (exact) mass is 376 g/mol. The van der Waals surface area contributed by atoms with Gasteiger partial charge in [0.2, 0.25) is 0 Å². The smallest absolute Gasteiger partial charge is 0.138 e. The summed E-state index contributed by atoms with van der Waals surface area (Å²) in [5.74, 6) is 3.67.